The number of hydrogen-bond acceptors (Lipinski definition) is 4. The second-order valence-corrected chi connectivity index (χ2v) is 12.0. The summed E-state index contributed by atoms with van der Waals surface area (Å²) in [6.07, 6.45) is -1.66. The van der Waals surface area contributed by atoms with Crippen molar-refractivity contribution in [3.63, 3.8) is 0 Å². The van der Waals surface area contributed by atoms with Gasteiger partial charge in [-0.3, -0.25) is 14.3 Å². The quantitative estimate of drug-likeness (QED) is 0.254. The monoisotopic (exact) mass is 642 g/mol. The van der Waals surface area contributed by atoms with E-state index in [2.05, 4.69) is 30.6 Å². The van der Waals surface area contributed by atoms with Crippen LogP contribution in [0, 0.1) is 11.3 Å². The topological polar surface area (TPSA) is 97.6 Å². The Bertz CT molecular complexity index is 1910. The lowest BCUT2D eigenvalue weighted by molar-refractivity contribution is -0.895. The summed E-state index contributed by atoms with van der Waals surface area (Å²) in [5, 5.41) is 16.5. The van der Waals surface area contributed by atoms with Crippen LogP contribution in [0.3, 0.4) is 0 Å². The van der Waals surface area contributed by atoms with Crippen LogP contribution in [0.4, 0.5) is 13.2 Å². The van der Waals surface area contributed by atoms with E-state index in [1.807, 2.05) is 36.4 Å². The Balaban J connectivity index is 0.000000650. The highest BCUT2D eigenvalue weighted by Gasteiger charge is 2.34. The molecular formula is C35H35F3N7O2+. The van der Waals surface area contributed by atoms with E-state index >= 15 is 0 Å². The zero-order valence-electron chi connectivity index (χ0n) is 26.3. The summed E-state index contributed by atoms with van der Waals surface area (Å²) in [6, 6.07) is 26.5. The number of benzene rings is 3. The van der Waals surface area contributed by atoms with Crippen LogP contribution in [0.25, 0.3) is 22.8 Å². The average Bonchev–Trinajstić information content (AvgIpc) is 3.64. The minimum atomic E-state index is -4.62. The highest BCUT2D eigenvalue weighted by Crippen LogP contribution is 2.31. The van der Waals surface area contributed by atoms with Crippen molar-refractivity contribution in [3.8, 4) is 28.8 Å². The van der Waals surface area contributed by atoms with Gasteiger partial charge in [-0.2, -0.15) is 23.5 Å². The highest BCUT2D eigenvalue weighted by atomic mass is 19.4. The first-order chi connectivity index (χ1) is 22.4. The molecule has 1 saturated heterocycles. The molecule has 0 saturated carbocycles. The maximum absolute atomic E-state index is 13.9. The van der Waals surface area contributed by atoms with Crippen molar-refractivity contribution in [1.82, 2.24) is 24.5 Å². The number of quaternary nitrogens is 1. The second-order valence-electron chi connectivity index (χ2n) is 12.0. The molecular weight excluding hydrogens is 607 g/mol. The fourth-order valence-corrected chi connectivity index (χ4v) is 5.63. The first kappa shape index (κ1) is 33.0. The van der Waals surface area contributed by atoms with Crippen molar-refractivity contribution in [1.29, 1.82) is 5.26 Å². The number of halogens is 3. The average molecular weight is 643 g/mol. The molecule has 6 rings (SSSR count). The number of nitrogens with zero attached hydrogens (tertiary/aromatic N) is 6. The van der Waals surface area contributed by atoms with Gasteiger partial charge in [-0.15, -0.1) is 0 Å². The van der Waals surface area contributed by atoms with Crippen LogP contribution >= 0.6 is 0 Å². The van der Waals surface area contributed by atoms with Gasteiger partial charge in [-0.1, -0.05) is 42.5 Å². The van der Waals surface area contributed by atoms with Gasteiger partial charge in [0.1, 0.15) is 11.3 Å². The number of carbonyl (C=O) groups is 1. The normalized spacial score (nSPS) is 14.5. The number of rotatable bonds is 5. The van der Waals surface area contributed by atoms with Crippen LogP contribution in [-0.2, 0) is 13.2 Å². The Kier molecular flexibility index (Phi) is 9.49. The smallest absolute Gasteiger partial charge is 0.349 e. The van der Waals surface area contributed by atoms with E-state index in [4.69, 9.17) is 0 Å². The molecule has 3 heterocycles. The summed E-state index contributed by atoms with van der Waals surface area (Å²) >= 11 is 0. The van der Waals surface area contributed by atoms with Gasteiger partial charge in [0, 0.05) is 25.9 Å². The second kappa shape index (κ2) is 13.5. The number of piperidine rings is 1. The van der Waals surface area contributed by atoms with Gasteiger partial charge in [0.05, 0.1) is 67.6 Å². The third-order valence-electron chi connectivity index (χ3n) is 8.21. The zero-order valence-corrected chi connectivity index (χ0v) is 26.3. The first-order valence-corrected chi connectivity index (χ1v) is 15.1. The van der Waals surface area contributed by atoms with E-state index in [1.165, 1.54) is 34.7 Å². The summed E-state index contributed by atoms with van der Waals surface area (Å²) in [5.74, 6) is -0.601. The van der Waals surface area contributed by atoms with E-state index < -0.39 is 23.2 Å². The van der Waals surface area contributed by atoms with Gasteiger partial charge in [0.25, 0.3) is 11.5 Å². The lowest BCUT2D eigenvalue weighted by Gasteiger charge is -2.37. The van der Waals surface area contributed by atoms with Crippen molar-refractivity contribution >= 4 is 5.91 Å². The number of hydrogen-bond donors (Lipinski definition) is 1. The lowest BCUT2D eigenvalue weighted by Crippen LogP contribution is -2.52. The van der Waals surface area contributed by atoms with Crippen LogP contribution in [0.5, 0.6) is 0 Å². The molecule has 9 nitrogen and oxygen atoms in total. The Morgan fingerprint density at radius 1 is 0.936 bits per heavy atom. The number of aromatic nitrogens is 4. The third kappa shape index (κ3) is 7.37. The number of carbonyl (C=O) groups excluding carboxylic acids is 1. The van der Waals surface area contributed by atoms with Gasteiger partial charge in [-0.05, 0) is 48.5 Å². The van der Waals surface area contributed by atoms with Crippen molar-refractivity contribution in [3.05, 3.63) is 124 Å². The summed E-state index contributed by atoms with van der Waals surface area (Å²) in [7, 11) is 5.75. The summed E-state index contributed by atoms with van der Waals surface area (Å²) in [6.45, 7) is 1.71. The molecule has 1 amide bonds. The van der Waals surface area contributed by atoms with E-state index in [0.717, 1.165) is 47.2 Å². The van der Waals surface area contributed by atoms with Crippen LogP contribution in [0.2, 0.25) is 0 Å². The standard InChI is InChI=1S/C29H28F3N7O2.C6H6/c1-36-26(24-11-14-34-37(24)22-9-7-19(18-33)8-10-22)25(27(40)35-21-12-15-39(2,3)16-13-21)28(41)38(36)23-6-4-5-20(17-23)29(30,31)32;1-2-4-6-5-3-1/h4-11,14,17,21H,12-13,15-16H2,1-3H3;1-6H/p+1. The minimum absolute atomic E-state index is 0.0335. The summed E-state index contributed by atoms with van der Waals surface area (Å²) < 4.78 is 45.4. The molecule has 12 heteroatoms. The van der Waals surface area contributed by atoms with Gasteiger partial charge in [-0.25, -0.2) is 9.36 Å². The third-order valence-corrected chi connectivity index (χ3v) is 8.21. The number of amides is 1. The summed E-state index contributed by atoms with van der Waals surface area (Å²) in [5.41, 5.74) is -0.305. The van der Waals surface area contributed by atoms with Gasteiger partial charge in [0.15, 0.2) is 0 Å². The van der Waals surface area contributed by atoms with Crippen LogP contribution in [0.1, 0.15) is 34.3 Å². The van der Waals surface area contributed by atoms with Crippen molar-refractivity contribution in [2.45, 2.75) is 25.1 Å². The molecule has 3 aromatic carbocycles. The molecule has 1 fully saturated rings. The van der Waals surface area contributed by atoms with Crippen molar-refractivity contribution in [2.75, 3.05) is 27.2 Å². The predicted octanol–water partition coefficient (Wildman–Crippen LogP) is 5.57. The number of alkyl halides is 3. The van der Waals surface area contributed by atoms with Crippen molar-refractivity contribution < 1.29 is 22.4 Å². The molecule has 1 aliphatic heterocycles. The number of likely N-dealkylation sites (tertiary alicyclic amines) is 1. The number of nitriles is 1. The molecule has 0 bridgehead atoms. The molecule has 47 heavy (non-hydrogen) atoms. The van der Waals surface area contributed by atoms with E-state index in [1.54, 1.807) is 30.3 Å². The fraction of sp³-hybridized carbons (Fsp3) is 0.257. The Morgan fingerprint density at radius 3 is 2.13 bits per heavy atom. The summed E-state index contributed by atoms with van der Waals surface area (Å²) in [4.78, 5) is 27.7. The molecule has 1 N–H and O–H groups in total. The van der Waals surface area contributed by atoms with Gasteiger partial charge in [0.2, 0.25) is 0 Å². The van der Waals surface area contributed by atoms with Crippen LogP contribution < -0.4 is 10.9 Å². The van der Waals surface area contributed by atoms with Crippen LogP contribution in [0.15, 0.2) is 102 Å². The number of nitrogens with one attached hydrogen (secondary N) is 1. The SMILES string of the molecule is Cn1c(-c2ccnn2-c2ccc(C#N)cc2)c(C(=O)NC2CC[N+](C)(C)CC2)c(=O)n1-c1cccc(C(F)(F)F)c1.c1ccccc1. The van der Waals surface area contributed by atoms with E-state index in [0.29, 0.717) is 16.9 Å². The first-order valence-electron chi connectivity index (χ1n) is 15.1. The minimum Gasteiger partial charge on any atom is -0.349 e. The zero-order chi connectivity index (χ0) is 33.8. The molecule has 5 aromatic rings. The van der Waals surface area contributed by atoms with Crippen molar-refractivity contribution in [2.24, 2.45) is 7.05 Å². The van der Waals surface area contributed by atoms with E-state index in [-0.39, 0.29) is 23.0 Å². The maximum Gasteiger partial charge on any atom is 0.416 e. The molecule has 2 aromatic heterocycles. The molecule has 0 radical (unpaired) electrons. The molecule has 0 aliphatic carbocycles. The Labute approximate surface area is 270 Å². The Morgan fingerprint density at radius 2 is 1.55 bits per heavy atom. The molecule has 0 unspecified atom stereocenters. The Hall–Kier alpha value is -5.41. The largest absolute Gasteiger partial charge is 0.416 e. The molecule has 0 atom stereocenters. The van der Waals surface area contributed by atoms with E-state index in [9.17, 15) is 28.0 Å². The molecule has 0 spiro atoms. The highest BCUT2D eigenvalue weighted by molar-refractivity contribution is 6.00. The maximum atomic E-state index is 13.9. The molecule has 1 aliphatic rings. The lowest BCUT2D eigenvalue weighted by atomic mass is 10.0. The van der Waals surface area contributed by atoms with Gasteiger partial charge < -0.3 is 9.80 Å². The van der Waals surface area contributed by atoms with Gasteiger partial charge >= 0.3 is 6.18 Å². The molecule has 242 valence electrons. The van der Waals surface area contributed by atoms with Crippen LogP contribution in [-0.4, -0.2) is 62.8 Å². The predicted molar refractivity (Wildman–Crippen MR) is 172 cm³/mol. The fourth-order valence-electron chi connectivity index (χ4n) is 5.63.